The Kier molecular flexibility index (Phi) is 14.6. The van der Waals surface area contributed by atoms with Crippen LogP contribution in [0.2, 0.25) is 0 Å². The molecule has 0 fully saturated rings. The maximum absolute atomic E-state index is 12.5. The van der Waals surface area contributed by atoms with E-state index in [0.717, 1.165) is 19.3 Å². The molecular formula is C25H44O4. The average molecular weight is 409 g/mol. The molecule has 0 aromatic carbocycles. The predicted octanol–water partition coefficient (Wildman–Crippen LogP) is 6.76. The maximum atomic E-state index is 12.5. The molecular weight excluding hydrogens is 364 g/mol. The second-order valence-electron chi connectivity index (χ2n) is 8.51. The molecule has 0 radical (unpaired) electrons. The Bertz CT molecular complexity index is 471. The molecule has 1 aliphatic carbocycles. The lowest BCUT2D eigenvalue weighted by atomic mass is 9.83. The van der Waals surface area contributed by atoms with Gasteiger partial charge >= 0.3 is 11.9 Å². The molecule has 3 unspecified atom stereocenters. The van der Waals surface area contributed by atoms with E-state index in [1.54, 1.807) is 0 Å². The third kappa shape index (κ3) is 11.4. The van der Waals surface area contributed by atoms with Crippen molar-refractivity contribution in [3.63, 3.8) is 0 Å². The standard InChI is InChI=1S/C25H44O4/c1-4-6-7-8-9-10-11-12-13-14-17-20-28-24(26)22-18-15-16-19-23(22)25(27)29-21(3)5-2/h15-16,21-23H,4-14,17-20H2,1-3H3. The fourth-order valence-electron chi connectivity index (χ4n) is 3.75. The maximum Gasteiger partial charge on any atom is 0.310 e. The van der Waals surface area contributed by atoms with Crippen LogP contribution in [-0.2, 0) is 19.1 Å². The van der Waals surface area contributed by atoms with Crippen molar-refractivity contribution in [3.8, 4) is 0 Å². The lowest BCUT2D eigenvalue weighted by molar-refractivity contribution is -0.164. The highest BCUT2D eigenvalue weighted by atomic mass is 16.5. The number of carbonyl (C=O) groups is 2. The van der Waals surface area contributed by atoms with Gasteiger partial charge in [-0.05, 0) is 32.6 Å². The SMILES string of the molecule is CCCCCCCCCCCCCOC(=O)C1CC=CCC1C(=O)OC(C)CC. The number of esters is 2. The van der Waals surface area contributed by atoms with Gasteiger partial charge in [0.15, 0.2) is 0 Å². The molecule has 3 atom stereocenters. The van der Waals surface area contributed by atoms with Crippen molar-refractivity contribution < 1.29 is 19.1 Å². The number of hydrogen-bond donors (Lipinski definition) is 0. The highest BCUT2D eigenvalue weighted by molar-refractivity contribution is 5.82. The molecule has 4 nitrogen and oxygen atoms in total. The molecule has 1 aliphatic rings. The van der Waals surface area contributed by atoms with Crippen LogP contribution in [0.25, 0.3) is 0 Å². The van der Waals surface area contributed by atoms with E-state index in [2.05, 4.69) is 6.92 Å². The van der Waals surface area contributed by atoms with E-state index < -0.39 is 11.8 Å². The molecule has 0 heterocycles. The van der Waals surface area contributed by atoms with E-state index >= 15 is 0 Å². The number of ether oxygens (including phenoxy) is 2. The zero-order valence-corrected chi connectivity index (χ0v) is 19.1. The monoisotopic (exact) mass is 408 g/mol. The minimum absolute atomic E-state index is 0.110. The number of allylic oxidation sites excluding steroid dienone is 2. The van der Waals surface area contributed by atoms with Crippen LogP contribution in [-0.4, -0.2) is 24.6 Å². The number of unbranched alkanes of at least 4 members (excludes halogenated alkanes) is 10. The summed E-state index contributed by atoms with van der Waals surface area (Å²) in [4.78, 5) is 24.9. The van der Waals surface area contributed by atoms with Crippen molar-refractivity contribution in [2.24, 2.45) is 11.8 Å². The van der Waals surface area contributed by atoms with Crippen molar-refractivity contribution in [1.29, 1.82) is 0 Å². The molecule has 0 aliphatic heterocycles. The van der Waals surface area contributed by atoms with Crippen LogP contribution in [0, 0.1) is 11.8 Å². The summed E-state index contributed by atoms with van der Waals surface area (Å²) < 4.78 is 11.0. The molecule has 0 saturated heterocycles. The topological polar surface area (TPSA) is 52.6 Å². The second-order valence-corrected chi connectivity index (χ2v) is 8.51. The van der Waals surface area contributed by atoms with Crippen LogP contribution < -0.4 is 0 Å². The van der Waals surface area contributed by atoms with Crippen LogP contribution in [0.15, 0.2) is 12.2 Å². The Morgan fingerprint density at radius 2 is 1.28 bits per heavy atom. The van der Waals surface area contributed by atoms with Crippen LogP contribution in [0.5, 0.6) is 0 Å². The highest BCUT2D eigenvalue weighted by Gasteiger charge is 2.36. The van der Waals surface area contributed by atoms with Crippen molar-refractivity contribution in [3.05, 3.63) is 12.2 Å². The minimum Gasteiger partial charge on any atom is -0.465 e. The molecule has 0 spiro atoms. The summed E-state index contributed by atoms with van der Waals surface area (Å²) in [5.74, 6) is -1.31. The molecule has 0 saturated carbocycles. The first-order chi connectivity index (χ1) is 14.1. The largest absolute Gasteiger partial charge is 0.465 e. The van der Waals surface area contributed by atoms with Gasteiger partial charge in [-0.1, -0.05) is 90.2 Å². The Morgan fingerprint density at radius 1 is 0.793 bits per heavy atom. The zero-order chi connectivity index (χ0) is 21.3. The van der Waals surface area contributed by atoms with Gasteiger partial charge in [0.05, 0.1) is 24.5 Å². The van der Waals surface area contributed by atoms with Gasteiger partial charge in [0, 0.05) is 0 Å². The fraction of sp³-hybridized carbons (Fsp3) is 0.840. The Morgan fingerprint density at radius 3 is 1.79 bits per heavy atom. The highest BCUT2D eigenvalue weighted by Crippen LogP contribution is 2.28. The summed E-state index contributed by atoms with van der Waals surface area (Å²) in [5, 5.41) is 0. The summed E-state index contributed by atoms with van der Waals surface area (Å²) in [5.41, 5.74) is 0. The quantitative estimate of drug-likeness (QED) is 0.161. The Balaban J connectivity index is 2.13. The average Bonchev–Trinajstić information content (AvgIpc) is 2.74. The van der Waals surface area contributed by atoms with Crippen molar-refractivity contribution in [1.82, 2.24) is 0 Å². The van der Waals surface area contributed by atoms with E-state index in [4.69, 9.17) is 9.47 Å². The third-order valence-electron chi connectivity index (χ3n) is 5.92. The van der Waals surface area contributed by atoms with Gasteiger partial charge in [-0.25, -0.2) is 0 Å². The molecule has 0 bridgehead atoms. The van der Waals surface area contributed by atoms with Gasteiger partial charge in [-0.2, -0.15) is 0 Å². The van der Waals surface area contributed by atoms with Crippen LogP contribution >= 0.6 is 0 Å². The summed E-state index contributed by atoms with van der Waals surface area (Å²) in [7, 11) is 0. The normalized spacial score (nSPS) is 19.7. The molecule has 0 aromatic heterocycles. The zero-order valence-electron chi connectivity index (χ0n) is 19.1. The number of rotatable bonds is 16. The first-order valence-corrected chi connectivity index (χ1v) is 12.1. The molecule has 4 heteroatoms. The molecule has 1 rings (SSSR count). The van der Waals surface area contributed by atoms with Crippen molar-refractivity contribution >= 4 is 11.9 Å². The molecule has 0 N–H and O–H groups in total. The van der Waals surface area contributed by atoms with Gasteiger partial charge in [-0.3, -0.25) is 9.59 Å². The molecule has 0 amide bonds. The first-order valence-electron chi connectivity index (χ1n) is 12.1. The van der Waals surface area contributed by atoms with Crippen LogP contribution in [0.3, 0.4) is 0 Å². The lowest BCUT2D eigenvalue weighted by Gasteiger charge is -2.26. The third-order valence-corrected chi connectivity index (χ3v) is 5.92. The summed E-state index contributed by atoms with van der Waals surface area (Å²) in [6.07, 6.45) is 19.7. The van der Waals surface area contributed by atoms with Gasteiger partial charge in [0.2, 0.25) is 0 Å². The van der Waals surface area contributed by atoms with E-state index in [9.17, 15) is 9.59 Å². The van der Waals surface area contributed by atoms with Crippen molar-refractivity contribution in [2.45, 2.75) is 117 Å². The summed E-state index contributed by atoms with van der Waals surface area (Å²) >= 11 is 0. The molecule has 168 valence electrons. The molecule has 0 aromatic rings. The van der Waals surface area contributed by atoms with Gasteiger partial charge in [0.25, 0.3) is 0 Å². The van der Waals surface area contributed by atoms with E-state index in [0.29, 0.717) is 19.4 Å². The van der Waals surface area contributed by atoms with Crippen molar-refractivity contribution in [2.75, 3.05) is 6.61 Å². The summed E-state index contributed by atoms with van der Waals surface area (Å²) in [6, 6.07) is 0. The van der Waals surface area contributed by atoms with E-state index in [1.165, 1.54) is 57.8 Å². The molecule has 29 heavy (non-hydrogen) atoms. The number of hydrogen-bond acceptors (Lipinski definition) is 4. The lowest BCUT2D eigenvalue weighted by Crippen LogP contribution is -2.35. The predicted molar refractivity (Wildman–Crippen MR) is 119 cm³/mol. The van der Waals surface area contributed by atoms with Crippen LogP contribution in [0.1, 0.15) is 111 Å². The Labute approximate surface area is 178 Å². The van der Waals surface area contributed by atoms with E-state index in [1.807, 2.05) is 26.0 Å². The van der Waals surface area contributed by atoms with Gasteiger partial charge < -0.3 is 9.47 Å². The Hall–Kier alpha value is -1.32. The number of carbonyl (C=O) groups excluding carboxylic acids is 2. The summed E-state index contributed by atoms with van der Waals surface area (Å²) in [6.45, 7) is 6.58. The van der Waals surface area contributed by atoms with Crippen LogP contribution in [0.4, 0.5) is 0 Å². The van der Waals surface area contributed by atoms with Gasteiger partial charge in [-0.15, -0.1) is 0 Å². The van der Waals surface area contributed by atoms with E-state index in [-0.39, 0.29) is 18.0 Å². The minimum atomic E-state index is -0.404. The second kappa shape index (κ2) is 16.5. The van der Waals surface area contributed by atoms with Gasteiger partial charge in [0.1, 0.15) is 0 Å². The fourth-order valence-corrected chi connectivity index (χ4v) is 3.75. The smallest absolute Gasteiger partial charge is 0.310 e. The first kappa shape index (κ1) is 25.7.